The molecule has 1 unspecified atom stereocenters. The summed E-state index contributed by atoms with van der Waals surface area (Å²) in [5, 5.41) is 2.96. The number of hydrogen-bond donors (Lipinski definition) is 1. The lowest BCUT2D eigenvalue weighted by Crippen LogP contribution is -2.41. The second-order valence-corrected chi connectivity index (χ2v) is 7.42. The van der Waals surface area contributed by atoms with E-state index in [2.05, 4.69) is 10.3 Å². The highest BCUT2D eigenvalue weighted by molar-refractivity contribution is 5.94. The van der Waals surface area contributed by atoms with Crippen molar-refractivity contribution in [3.05, 3.63) is 83.9 Å². The van der Waals surface area contributed by atoms with E-state index in [1.807, 2.05) is 49.6 Å². The van der Waals surface area contributed by atoms with Crippen molar-refractivity contribution in [2.24, 2.45) is 7.05 Å². The van der Waals surface area contributed by atoms with Crippen molar-refractivity contribution in [2.75, 3.05) is 20.7 Å². The van der Waals surface area contributed by atoms with Crippen LogP contribution in [0.25, 0.3) is 0 Å². The highest BCUT2D eigenvalue weighted by Crippen LogP contribution is 2.17. The number of methoxy groups -OCH3 is 1. The van der Waals surface area contributed by atoms with Crippen molar-refractivity contribution in [1.29, 1.82) is 0 Å². The Morgan fingerprint density at radius 2 is 1.94 bits per heavy atom. The zero-order chi connectivity index (χ0) is 22.2. The number of hydrogen-bond acceptors (Lipinski definition) is 4. The Kier molecular flexibility index (Phi) is 7.43. The van der Waals surface area contributed by atoms with E-state index in [0.29, 0.717) is 36.4 Å². The molecule has 0 radical (unpaired) electrons. The van der Waals surface area contributed by atoms with E-state index in [9.17, 15) is 9.59 Å². The van der Waals surface area contributed by atoms with Crippen LogP contribution in [-0.4, -0.2) is 53.0 Å². The van der Waals surface area contributed by atoms with Gasteiger partial charge in [0.25, 0.3) is 11.8 Å². The second-order valence-electron chi connectivity index (χ2n) is 7.42. The van der Waals surface area contributed by atoms with Gasteiger partial charge in [0.15, 0.2) is 0 Å². The monoisotopic (exact) mass is 420 g/mol. The van der Waals surface area contributed by atoms with Crippen LogP contribution in [0, 0.1) is 0 Å². The number of aryl methyl sites for hydroxylation is 1. The van der Waals surface area contributed by atoms with Gasteiger partial charge >= 0.3 is 0 Å². The Morgan fingerprint density at radius 1 is 1.16 bits per heavy atom. The van der Waals surface area contributed by atoms with Crippen LogP contribution in [0.2, 0.25) is 0 Å². The largest absolute Gasteiger partial charge is 0.495 e. The van der Waals surface area contributed by atoms with E-state index in [1.165, 1.54) is 6.20 Å². The Bertz CT molecular complexity index is 1020. The van der Waals surface area contributed by atoms with E-state index in [0.717, 1.165) is 5.56 Å². The summed E-state index contributed by atoms with van der Waals surface area (Å²) in [4.78, 5) is 31.4. The molecule has 0 aliphatic rings. The Balaban J connectivity index is 1.71. The van der Waals surface area contributed by atoms with Gasteiger partial charge in [0, 0.05) is 39.1 Å². The number of ether oxygens (including phenoxy) is 1. The smallest absolute Gasteiger partial charge is 0.267 e. The van der Waals surface area contributed by atoms with Gasteiger partial charge in [0.05, 0.1) is 18.9 Å². The standard InChI is InChI=1S/C24H28N4O3/c1-27-13-7-10-22(27)23(29)26-12-11-20(14-18-8-5-4-6-9-18)28(2)24(30)19-15-21(31-3)17-25-16-19/h4-10,13,15-17,20H,11-12,14H2,1-3H3,(H,26,29). The van der Waals surface area contributed by atoms with E-state index >= 15 is 0 Å². The topological polar surface area (TPSA) is 76.5 Å². The number of amides is 2. The van der Waals surface area contributed by atoms with E-state index in [4.69, 9.17) is 4.74 Å². The Labute approximate surface area is 182 Å². The molecule has 0 bridgehead atoms. The first-order valence-corrected chi connectivity index (χ1v) is 10.2. The van der Waals surface area contributed by atoms with E-state index in [-0.39, 0.29) is 17.9 Å². The molecular weight excluding hydrogens is 392 g/mol. The summed E-state index contributed by atoms with van der Waals surface area (Å²) in [6, 6.07) is 15.2. The van der Waals surface area contributed by atoms with E-state index < -0.39 is 0 Å². The van der Waals surface area contributed by atoms with Crippen molar-refractivity contribution in [3.8, 4) is 5.75 Å². The summed E-state index contributed by atoms with van der Waals surface area (Å²) >= 11 is 0. The number of carbonyl (C=O) groups is 2. The van der Waals surface area contributed by atoms with Crippen LogP contribution in [0.4, 0.5) is 0 Å². The van der Waals surface area contributed by atoms with Gasteiger partial charge in [-0.15, -0.1) is 0 Å². The van der Waals surface area contributed by atoms with Crippen LogP contribution in [-0.2, 0) is 13.5 Å². The zero-order valence-electron chi connectivity index (χ0n) is 18.1. The maximum absolute atomic E-state index is 13.1. The molecule has 0 aliphatic heterocycles. The predicted octanol–water partition coefficient (Wildman–Crippen LogP) is 2.93. The van der Waals surface area contributed by atoms with Gasteiger partial charge in [0.2, 0.25) is 0 Å². The van der Waals surface area contributed by atoms with Gasteiger partial charge in [-0.2, -0.15) is 0 Å². The molecule has 2 amide bonds. The highest BCUT2D eigenvalue weighted by atomic mass is 16.5. The lowest BCUT2D eigenvalue weighted by molar-refractivity contribution is 0.0722. The normalized spacial score (nSPS) is 11.6. The molecule has 3 rings (SSSR count). The molecular formula is C24H28N4O3. The van der Waals surface area contributed by atoms with Crippen molar-refractivity contribution < 1.29 is 14.3 Å². The Morgan fingerprint density at radius 3 is 2.61 bits per heavy atom. The Hall–Kier alpha value is -3.61. The molecule has 1 N–H and O–H groups in total. The fourth-order valence-corrected chi connectivity index (χ4v) is 3.48. The third-order valence-electron chi connectivity index (χ3n) is 5.32. The number of carbonyl (C=O) groups excluding carboxylic acids is 2. The van der Waals surface area contributed by atoms with Crippen LogP contribution in [0.3, 0.4) is 0 Å². The summed E-state index contributed by atoms with van der Waals surface area (Å²) in [6.45, 7) is 0.454. The molecule has 1 aromatic carbocycles. The van der Waals surface area contributed by atoms with Gasteiger partial charge in [-0.25, -0.2) is 0 Å². The molecule has 2 aromatic heterocycles. The molecule has 0 aliphatic carbocycles. The van der Waals surface area contributed by atoms with Crippen LogP contribution >= 0.6 is 0 Å². The zero-order valence-corrected chi connectivity index (χ0v) is 18.1. The molecule has 0 saturated carbocycles. The molecule has 0 spiro atoms. The third-order valence-corrected chi connectivity index (χ3v) is 5.32. The summed E-state index contributed by atoms with van der Waals surface area (Å²) in [5.41, 5.74) is 2.20. The minimum Gasteiger partial charge on any atom is -0.495 e. The van der Waals surface area contributed by atoms with Crippen LogP contribution in [0.15, 0.2) is 67.1 Å². The fraction of sp³-hybridized carbons (Fsp3) is 0.292. The number of pyridine rings is 1. The lowest BCUT2D eigenvalue weighted by atomic mass is 10.0. The molecule has 3 aromatic rings. The molecule has 162 valence electrons. The third kappa shape index (κ3) is 5.72. The quantitative estimate of drug-likeness (QED) is 0.578. The molecule has 7 heteroatoms. The van der Waals surface area contributed by atoms with Crippen molar-refractivity contribution in [2.45, 2.75) is 18.9 Å². The minimum absolute atomic E-state index is 0.102. The van der Waals surface area contributed by atoms with Crippen molar-refractivity contribution in [3.63, 3.8) is 0 Å². The average Bonchev–Trinajstić information content (AvgIpc) is 3.24. The number of benzene rings is 1. The first kappa shape index (κ1) is 22.1. The predicted molar refractivity (Wildman–Crippen MR) is 119 cm³/mol. The molecule has 1 atom stereocenters. The number of nitrogens with one attached hydrogen (secondary N) is 1. The van der Waals surface area contributed by atoms with Crippen LogP contribution in [0.5, 0.6) is 5.75 Å². The van der Waals surface area contributed by atoms with E-state index in [1.54, 1.807) is 42.0 Å². The maximum atomic E-state index is 13.1. The average molecular weight is 421 g/mol. The number of likely N-dealkylation sites (N-methyl/N-ethyl adjacent to an activating group) is 1. The minimum atomic E-state index is -0.138. The summed E-state index contributed by atoms with van der Waals surface area (Å²) in [6.07, 6.45) is 6.24. The van der Waals surface area contributed by atoms with Gasteiger partial charge < -0.3 is 19.5 Å². The number of rotatable bonds is 9. The van der Waals surface area contributed by atoms with Crippen LogP contribution in [0.1, 0.15) is 32.8 Å². The van der Waals surface area contributed by atoms with Gasteiger partial charge in [0.1, 0.15) is 11.4 Å². The van der Waals surface area contributed by atoms with Gasteiger partial charge in [-0.05, 0) is 36.6 Å². The maximum Gasteiger partial charge on any atom is 0.267 e. The van der Waals surface area contributed by atoms with Gasteiger partial charge in [-0.1, -0.05) is 30.3 Å². The molecule has 31 heavy (non-hydrogen) atoms. The van der Waals surface area contributed by atoms with Crippen molar-refractivity contribution in [1.82, 2.24) is 19.8 Å². The summed E-state index contributed by atoms with van der Waals surface area (Å²) in [5.74, 6) is 0.270. The fourth-order valence-electron chi connectivity index (χ4n) is 3.48. The molecule has 7 nitrogen and oxygen atoms in total. The lowest BCUT2D eigenvalue weighted by Gasteiger charge is -2.29. The second kappa shape index (κ2) is 10.4. The molecule has 0 saturated heterocycles. The van der Waals surface area contributed by atoms with Crippen molar-refractivity contribution >= 4 is 11.8 Å². The molecule has 0 fully saturated rings. The summed E-state index contributed by atoms with van der Waals surface area (Å²) < 4.78 is 6.97. The van der Waals surface area contributed by atoms with Gasteiger partial charge in [-0.3, -0.25) is 14.6 Å². The first-order valence-electron chi connectivity index (χ1n) is 10.2. The number of nitrogens with zero attached hydrogens (tertiary/aromatic N) is 3. The van der Waals surface area contributed by atoms with Crippen LogP contribution < -0.4 is 10.1 Å². The SMILES string of the molecule is COc1cncc(C(=O)N(C)C(CCNC(=O)c2cccn2C)Cc2ccccc2)c1. The highest BCUT2D eigenvalue weighted by Gasteiger charge is 2.22. The summed E-state index contributed by atoms with van der Waals surface area (Å²) in [7, 11) is 5.17. The molecule has 2 heterocycles. The number of aromatic nitrogens is 2. The first-order chi connectivity index (χ1) is 15.0.